The van der Waals surface area contributed by atoms with Crippen LogP contribution in [0.4, 0.5) is 5.69 Å². The van der Waals surface area contributed by atoms with Crippen LogP contribution in [0.5, 0.6) is 0 Å². The Hall–Kier alpha value is -3.48. The van der Waals surface area contributed by atoms with E-state index in [-0.39, 0.29) is 17.9 Å². The monoisotopic (exact) mass is 470 g/mol. The van der Waals surface area contributed by atoms with E-state index in [2.05, 4.69) is 26.5 Å². The second kappa shape index (κ2) is 11.8. The molecule has 3 aromatic carbocycles. The standard InChI is InChI=1S/C29H34N4O2/c1-22-13-14-23(2)26(19-22)31-29(35)28(25-11-7-4-8-12-25)33-17-15-32(16-18-33)21-27(34)30-20-24-9-5-3-6-10-24/h3-14,19,28H,15-18,20-21H2,1-2H3,(H,30,34)(H,31,35). The SMILES string of the molecule is Cc1ccc(C)c(NC(=O)C(c2ccccc2)N2CCN(CC(=O)NCc3ccccc3)CC2)c1. The number of nitrogens with one attached hydrogen (secondary N) is 2. The number of hydrogen-bond donors (Lipinski definition) is 2. The summed E-state index contributed by atoms with van der Waals surface area (Å²) in [6.07, 6.45) is 0. The number of amides is 2. The molecule has 0 aromatic heterocycles. The molecule has 182 valence electrons. The molecule has 1 aliphatic heterocycles. The molecule has 1 unspecified atom stereocenters. The fourth-order valence-corrected chi connectivity index (χ4v) is 4.47. The van der Waals surface area contributed by atoms with E-state index in [0.29, 0.717) is 26.2 Å². The molecule has 0 saturated carbocycles. The number of carbonyl (C=O) groups excluding carboxylic acids is 2. The molecule has 2 amide bonds. The van der Waals surface area contributed by atoms with E-state index < -0.39 is 0 Å². The van der Waals surface area contributed by atoms with E-state index in [4.69, 9.17) is 0 Å². The van der Waals surface area contributed by atoms with E-state index >= 15 is 0 Å². The van der Waals surface area contributed by atoms with Gasteiger partial charge in [-0.25, -0.2) is 0 Å². The first-order valence-corrected chi connectivity index (χ1v) is 12.2. The summed E-state index contributed by atoms with van der Waals surface area (Å²) in [5.74, 6) is -0.00599. The van der Waals surface area contributed by atoms with Crippen LogP contribution in [-0.4, -0.2) is 54.3 Å². The highest BCUT2D eigenvalue weighted by Gasteiger charge is 2.31. The van der Waals surface area contributed by atoms with Crippen LogP contribution in [-0.2, 0) is 16.1 Å². The Morgan fingerprint density at radius 1 is 0.857 bits per heavy atom. The number of aryl methyl sites for hydroxylation is 2. The molecule has 3 aromatic rings. The molecular weight excluding hydrogens is 436 g/mol. The predicted molar refractivity (Wildman–Crippen MR) is 140 cm³/mol. The Morgan fingerprint density at radius 3 is 2.20 bits per heavy atom. The minimum absolute atomic E-state index is 0.0228. The van der Waals surface area contributed by atoms with Gasteiger partial charge in [0.2, 0.25) is 11.8 Å². The fourth-order valence-electron chi connectivity index (χ4n) is 4.47. The molecule has 35 heavy (non-hydrogen) atoms. The number of benzene rings is 3. The lowest BCUT2D eigenvalue weighted by Gasteiger charge is -2.38. The quantitative estimate of drug-likeness (QED) is 0.524. The highest BCUT2D eigenvalue weighted by molar-refractivity contribution is 5.96. The van der Waals surface area contributed by atoms with Gasteiger partial charge in [-0.3, -0.25) is 19.4 Å². The van der Waals surface area contributed by atoms with Crippen molar-refractivity contribution in [2.45, 2.75) is 26.4 Å². The number of piperazine rings is 1. The second-order valence-electron chi connectivity index (χ2n) is 9.20. The Balaban J connectivity index is 1.37. The number of carbonyl (C=O) groups is 2. The zero-order valence-corrected chi connectivity index (χ0v) is 20.5. The molecule has 1 saturated heterocycles. The van der Waals surface area contributed by atoms with Gasteiger partial charge in [-0.1, -0.05) is 72.8 Å². The summed E-state index contributed by atoms with van der Waals surface area (Å²) in [4.78, 5) is 30.4. The predicted octanol–water partition coefficient (Wildman–Crippen LogP) is 3.92. The average Bonchev–Trinajstić information content (AvgIpc) is 2.87. The molecule has 6 heteroatoms. The Labute approximate surface area is 207 Å². The second-order valence-corrected chi connectivity index (χ2v) is 9.20. The van der Waals surface area contributed by atoms with Crippen molar-refractivity contribution in [3.05, 3.63) is 101 Å². The third kappa shape index (κ3) is 6.78. The Bertz CT molecular complexity index is 1130. The first-order valence-electron chi connectivity index (χ1n) is 12.2. The minimum Gasteiger partial charge on any atom is -0.351 e. The molecule has 4 rings (SSSR count). The van der Waals surface area contributed by atoms with Gasteiger partial charge in [0.1, 0.15) is 6.04 Å². The Morgan fingerprint density at radius 2 is 1.51 bits per heavy atom. The molecule has 1 fully saturated rings. The van der Waals surface area contributed by atoms with Gasteiger partial charge in [-0.15, -0.1) is 0 Å². The lowest BCUT2D eigenvalue weighted by Crippen LogP contribution is -2.52. The lowest BCUT2D eigenvalue weighted by atomic mass is 10.0. The molecule has 0 spiro atoms. The van der Waals surface area contributed by atoms with Gasteiger partial charge in [0, 0.05) is 38.4 Å². The van der Waals surface area contributed by atoms with Gasteiger partial charge >= 0.3 is 0 Å². The van der Waals surface area contributed by atoms with Crippen molar-refractivity contribution >= 4 is 17.5 Å². The van der Waals surface area contributed by atoms with Crippen molar-refractivity contribution in [3.8, 4) is 0 Å². The normalized spacial score (nSPS) is 15.4. The summed E-state index contributed by atoms with van der Waals surface area (Å²) in [7, 11) is 0. The highest BCUT2D eigenvalue weighted by Crippen LogP contribution is 2.25. The summed E-state index contributed by atoms with van der Waals surface area (Å²) >= 11 is 0. The van der Waals surface area contributed by atoms with Crippen molar-refractivity contribution in [3.63, 3.8) is 0 Å². The summed E-state index contributed by atoms with van der Waals surface area (Å²) in [6.45, 7) is 7.84. The number of nitrogens with zero attached hydrogens (tertiary/aromatic N) is 2. The third-order valence-corrected chi connectivity index (χ3v) is 6.49. The molecule has 0 radical (unpaired) electrons. The minimum atomic E-state index is -0.384. The smallest absolute Gasteiger partial charge is 0.246 e. The van der Waals surface area contributed by atoms with Gasteiger partial charge < -0.3 is 10.6 Å². The van der Waals surface area contributed by atoms with Crippen molar-refractivity contribution in [1.82, 2.24) is 15.1 Å². The number of anilines is 1. The van der Waals surface area contributed by atoms with Gasteiger partial charge in [-0.05, 0) is 42.2 Å². The summed E-state index contributed by atoms with van der Waals surface area (Å²) in [6, 6.07) is 25.6. The van der Waals surface area contributed by atoms with E-state index in [0.717, 1.165) is 41.0 Å². The van der Waals surface area contributed by atoms with E-state index in [1.54, 1.807) is 0 Å². The van der Waals surface area contributed by atoms with Crippen molar-refractivity contribution < 1.29 is 9.59 Å². The maximum atomic E-state index is 13.5. The molecule has 1 aliphatic rings. The maximum Gasteiger partial charge on any atom is 0.246 e. The van der Waals surface area contributed by atoms with Gasteiger partial charge in [-0.2, -0.15) is 0 Å². The molecule has 0 aliphatic carbocycles. The molecule has 1 heterocycles. The number of rotatable bonds is 8. The summed E-state index contributed by atoms with van der Waals surface area (Å²) in [5, 5.41) is 6.17. The summed E-state index contributed by atoms with van der Waals surface area (Å²) < 4.78 is 0. The zero-order valence-electron chi connectivity index (χ0n) is 20.5. The van der Waals surface area contributed by atoms with Crippen LogP contribution < -0.4 is 10.6 Å². The highest BCUT2D eigenvalue weighted by atomic mass is 16.2. The van der Waals surface area contributed by atoms with E-state index in [1.807, 2.05) is 86.6 Å². The van der Waals surface area contributed by atoms with Crippen LogP contribution >= 0.6 is 0 Å². The van der Waals surface area contributed by atoms with Crippen LogP contribution in [0.2, 0.25) is 0 Å². The molecule has 0 bridgehead atoms. The zero-order chi connectivity index (χ0) is 24.6. The van der Waals surface area contributed by atoms with Crippen LogP contribution in [0.25, 0.3) is 0 Å². The third-order valence-electron chi connectivity index (χ3n) is 6.49. The summed E-state index contributed by atoms with van der Waals surface area (Å²) in [5.41, 5.74) is 5.07. The first kappa shape index (κ1) is 24.6. The van der Waals surface area contributed by atoms with Crippen molar-refractivity contribution in [2.24, 2.45) is 0 Å². The van der Waals surface area contributed by atoms with Gasteiger partial charge in [0.25, 0.3) is 0 Å². The number of hydrogen-bond acceptors (Lipinski definition) is 4. The molecular formula is C29H34N4O2. The van der Waals surface area contributed by atoms with Crippen LogP contribution in [0.15, 0.2) is 78.9 Å². The van der Waals surface area contributed by atoms with Gasteiger partial charge in [0.15, 0.2) is 0 Å². The maximum absolute atomic E-state index is 13.5. The van der Waals surface area contributed by atoms with Crippen LogP contribution in [0, 0.1) is 13.8 Å². The van der Waals surface area contributed by atoms with E-state index in [9.17, 15) is 9.59 Å². The molecule has 1 atom stereocenters. The largest absolute Gasteiger partial charge is 0.351 e. The van der Waals surface area contributed by atoms with Gasteiger partial charge in [0.05, 0.1) is 6.54 Å². The van der Waals surface area contributed by atoms with Crippen LogP contribution in [0.3, 0.4) is 0 Å². The van der Waals surface area contributed by atoms with Crippen LogP contribution in [0.1, 0.15) is 28.3 Å². The Kier molecular flexibility index (Phi) is 8.29. The van der Waals surface area contributed by atoms with Crippen molar-refractivity contribution in [2.75, 3.05) is 38.0 Å². The fraction of sp³-hybridized carbons (Fsp3) is 0.310. The average molecular weight is 471 g/mol. The molecule has 6 nitrogen and oxygen atoms in total. The lowest BCUT2D eigenvalue weighted by molar-refractivity contribution is -0.125. The van der Waals surface area contributed by atoms with Crippen molar-refractivity contribution in [1.29, 1.82) is 0 Å². The first-order chi connectivity index (χ1) is 17.0. The van der Waals surface area contributed by atoms with E-state index in [1.165, 1.54) is 0 Å². The molecule has 2 N–H and O–H groups in total. The topological polar surface area (TPSA) is 64.7 Å².